The lowest BCUT2D eigenvalue weighted by atomic mass is 9.87. The zero-order valence-corrected chi connectivity index (χ0v) is 19.6. The number of likely N-dealkylation sites (tertiary alicyclic amines) is 1. The van der Waals surface area contributed by atoms with Crippen molar-refractivity contribution in [2.75, 3.05) is 24.6 Å². The van der Waals surface area contributed by atoms with Crippen LogP contribution in [0.25, 0.3) is 0 Å². The largest absolute Gasteiger partial charge is 0.491 e. The first-order valence-electron chi connectivity index (χ1n) is 12.2. The van der Waals surface area contributed by atoms with Gasteiger partial charge in [0.15, 0.2) is 0 Å². The minimum atomic E-state index is -0.956. The Labute approximate surface area is 205 Å². The number of ether oxygens (including phenoxy) is 1. The molecule has 2 atom stereocenters. The molecule has 6 heteroatoms. The Balaban J connectivity index is 1.43. The average Bonchev–Trinajstić information content (AvgIpc) is 3.12. The molecule has 0 bridgehead atoms. The summed E-state index contributed by atoms with van der Waals surface area (Å²) in [4.78, 5) is 30.3. The highest BCUT2D eigenvalue weighted by molar-refractivity contribution is 5.91. The number of carboxylic acids is 1. The van der Waals surface area contributed by atoms with Gasteiger partial charge in [-0.2, -0.15) is 0 Å². The van der Waals surface area contributed by atoms with Crippen LogP contribution >= 0.6 is 0 Å². The lowest BCUT2D eigenvalue weighted by Crippen LogP contribution is -2.56. The van der Waals surface area contributed by atoms with Crippen LogP contribution in [-0.4, -0.2) is 53.7 Å². The van der Waals surface area contributed by atoms with E-state index in [4.69, 9.17) is 4.74 Å². The number of carboxylic acid groups (broad SMARTS) is 1. The summed E-state index contributed by atoms with van der Waals surface area (Å²) in [5, 5.41) is 10.2. The molecule has 180 valence electrons. The Hall–Kier alpha value is -3.80. The van der Waals surface area contributed by atoms with Crippen molar-refractivity contribution in [3.63, 3.8) is 0 Å². The summed E-state index contributed by atoms with van der Waals surface area (Å²) in [5.41, 5.74) is 2.74. The first-order chi connectivity index (χ1) is 17.1. The number of benzene rings is 3. The molecular formula is C29H30N2O4. The van der Waals surface area contributed by atoms with Crippen molar-refractivity contribution in [1.82, 2.24) is 4.90 Å². The van der Waals surface area contributed by atoms with Gasteiger partial charge in [-0.05, 0) is 42.5 Å². The summed E-state index contributed by atoms with van der Waals surface area (Å²) in [7, 11) is 0. The first-order valence-corrected chi connectivity index (χ1v) is 12.2. The van der Waals surface area contributed by atoms with E-state index in [1.54, 1.807) is 4.90 Å². The van der Waals surface area contributed by atoms with E-state index in [9.17, 15) is 14.7 Å². The maximum absolute atomic E-state index is 14.0. The number of hydrogen-bond donors (Lipinski definition) is 1. The van der Waals surface area contributed by atoms with Crippen LogP contribution in [0.3, 0.4) is 0 Å². The zero-order chi connectivity index (χ0) is 24.2. The summed E-state index contributed by atoms with van der Waals surface area (Å²) < 4.78 is 5.91. The molecule has 3 aromatic rings. The fourth-order valence-electron chi connectivity index (χ4n) is 5.40. The predicted molar refractivity (Wildman–Crippen MR) is 135 cm³/mol. The fraction of sp³-hybridized carbons (Fsp3) is 0.310. The maximum Gasteiger partial charge on any atom is 0.326 e. The van der Waals surface area contributed by atoms with Crippen LogP contribution < -0.4 is 9.64 Å². The van der Waals surface area contributed by atoms with Crippen LogP contribution in [0.15, 0.2) is 84.9 Å². The van der Waals surface area contributed by atoms with Crippen LogP contribution in [0.4, 0.5) is 5.69 Å². The predicted octanol–water partition coefficient (Wildman–Crippen LogP) is 4.55. The summed E-state index contributed by atoms with van der Waals surface area (Å²) in [5.74, 6) is -0.818. The van der Waals surface area contributed by atoms with Crippen LogP contribution in [0.5, 0.6) is 5.75 Å². The Bertz CT molecular complexity index is 1130. The zero-order valence-electron chi connectivity index (χ0n) is 19.6. The van der Waals surface area contributed by atoms with Crippen molar-refractivity contribution in [3.05, 3.63) is 96.1 Å². The summed E-state index contributed by atoms with van der Waals surface area (Å²) >= 11 is 0. The molecular weight excluding hydrogens is 440 g/mol. The van der Waals surface area contributed by atoms with Gasteiger partial charge in [-0.1, -0.05) is 72.8 Å². The Morgan fingerprint density at radius 2 is 1.49 bits per heavy atom. The van der Waals surface area contributed by atoms with Crippen LogP contribution in [-0.2, 0) is 9.59 Å². The molecule has 6 nitrogen and oxygen atoms in total. The van der Waals surface area contributed by atoms with Crippen LogP contribution in [0.1, 0.15) is 36.3 Å². The lowest BCUT2D eigenvalue weighted by molar-refractivity contribution is -0.152. The molecule has 5 rings (SSSR count). The van der Waals surface area contributed by atoms with Crippen molar-refractivity contribution in [1.29, 1.82) is 0 Å². The molecule has 0 spiro atoms. The number of amides is 1. The molecule has 1 amide bonds. The number of fused-ring (bicyclic) bond motifs is 1. The smallest absolute Gasteiger partial charge is 0.326 e. The number of carbonyl (C=O) groups excluding carboxylic acids is 1. The second kappa shape index (κ2) is 10.2. The topological polar surface area (TPSA) is 70.1 Å². The number of anilines is 1. The first kappa shape index (κ1) is 23.0. The molecule has 0 aromatic heterocycles. The molecule has 0 radical (unpaired) electrons. The third-order valence-electron chi connectivity index (χ3n) is 7.07. The molecule has 2 heterocycles. The summed E-state index contributed by atoms with van der Waals surface area (Å²) in [6.07, 6.45) is 1.96. The van der Waals surface area contributed by atoms with E-state index >= 15 is 0 Å². The lowest BCUT2D eigenvalue weighted by Gasteiger charge is -2.43. The minimum Gasteiger partial charge on any atom is -0.491 e. The molecule has 1 saturated heterocycles. The number of rotatable bonds is 5. The van der Waals surface area contributed by atoms with E-state index in [0.29, 0.717) is 26.0 Å². The van der Waals surface area contributed by atoms with Crippen molar-refractivity contribution in [3.8, 4) is 5.75 Å². The molecule has 0 aliphatic carbocycles. The third-order valence-corrected chi connectivity index (χ3v) is 7.07. The molecule has 2 aliphatic rings. The summed E-state index contributed by atoms with van der Waals surface area (Å²) in [6, 6.07) is 26.3. The maximum atomic E-state index is 14.0. The third kappa shape index (κ3) is 4.74. The molecule has 35 heavy (non-hydrogen) atoms. The quantitative estimate of drug-likeness (QED) is 0.592. The Morgan fingerprint density at radius 1 is 0.857 bits per heavy atom. The molecule has 2 unspecified atom stereocenters. The Kier molecular flexibility index (Phi) is 6.70. The monoisotopic (exact) mass is 470 g/mol. The van der Waals surface area contributed by atoms with Crippen LogP contribution in [0, 0.1) is 0 Å². The standard InChI is InChI=1S/C29H30N2O4/c32-28(27(21-10-3-1-4-11-21)22-12-5-2-6-13-22)31-18-16-23(20-25(31)29(33)34)30-17-9-19-35-26-15-8-7-14-24(26)30/h1-8,10-15,23,25,27H,9,16-20H2,(H,33,34). The molecule has 0 saturated carbocycles. The molecule has 2 aliphatic heterocycles. The average molecular weight is 471 g/mol. The van der Waals surface area contributed by atoms with Gasteiger partial charge in [0.2, 0.25) is 5.91 Å². The van der Waals surface area contributed by atoms with Gasteiger partial charge < -0.3 is 19.6 Å². The number of carbonyl (C=O) groups is 2. The van der Waals surface area contributed by atoms with Crippen molar-refractivity contribution in [2.24, 2.45) is 0 Å². The summed E-state index contributed by atoms with van der Waals surface area (Å²) in [6.45, 7) is 1.85. The van der Waals surface area contributed by atoms with Crippen molar-refractivity contribution < 1.29 is 19.4 Å². The van der Waals surface area contributed by atoms with Crippen molar-refractivity contribution >= 4 is 17.6 Å². The SMILES string of the molecule is O=C(O)C1CC(N2CCCOc3ccccc32)CCN1C(=O)C(c1ccccc1)c1ccccc1. The van der Waals surface area contributed by atoms with Gasteiger partial charge in [-0.3, -0.25) is 4.79 Å². The van der Waals surface area contributed by atoms with Gasteiger partial charge >= 0.3 is 5.97 Å². The number of nitrogens with zero attached hydrogens (tertiary/aromatic N) is 2. The van der Waals surface area contributed by atoms with Crippen molar-refractivity contribution in [2.45, 2.75) is 37.3 Å². The van der Waals surface area contributed by atoms with E-state index in [1.165, 1.54) is 0 Å². The molecule has 1 N–H and O–H groups in total. The number of para-hydroxylation sites is 2. The van der Waals surface area contributed by atoms with E-state index in [2.05, 4.69) is 4.90 Å². The number of hydrogen-bond acceptors (Lipinski definition) is 4. The fourth-order valence-corrected chi connectivity index (χ4v) is 5.40. The molecule has 1 fully saturated rings. The van der Waals surface area contributed by atoms with E-state index in [0.717, 1.165) is 35.5 Å². The van der Waals surface area contributed by atoms with Gasteiger partial charge in [-0.25, -0.2) is 4.79 Å². The highest BCUT2D eigenvalue weighted by Crippen LogP contribution is 2.36. The number of aliphatic carboxylic acids is 1. The normalized spacial score (nSPS) is 20.0. The highest BCUT2D eigenvalue weighted by atomic mass is 16.5. The number of piperidine rings is 1. The van der Waals surface area contributed by atoms with Gasteiger partial charge in [0.25, 0.3) is 0 Å². The van der Waals surface area contributed by atoms with Gasteiger partial charge in [0.05, 0.1) is 18.2 Å². The second-order valence-electron chi connectivity index (χ2n) is 9.18. The van der Waals surface area contributed by atoms with Gasteiger partial charge in [0.1, 0.15) is 11.8 Å². The van der Waals surface area contributed by atoms with E-state index in [1.807, 2.05) is 84.9 Å². The minimum absolute atomic E-state index is 0.0231. The van der Waals surface area contributed by atoms with E-state index in [-0.39, 0.29) is 11.9 Å². The second-order valence-corrected chi connectivity index (χ2v) is 9.18. The Morgan fingerprint density at radius 3 is 2.14 bits per heavy atom. The van der Waals surface area contributed by atoms with Crippen LogP contribution in [0.2, 0.25) is 0 Å². The highest BCUT2D eigenvalue weighted by Gasteiger charge is 2.41. The van der Waals surface area contributed by atoms with Gasteiger partial charge in [-0.15, -0.1) is 0 Å². The van der Waals surface area contributed by atoms with E-state index < -0.39 is 17.9 Å². The molecule has 3 aromatic carbocycles. The van der Waals surface area contributed by atoms with Gasteiger partial charge in [0, 0.05) is 19.1 Å².